The fraction of sp³-hybridized carbons (Fsp3) is 0.200. The van der Waals surface area contributed by atoms with Crippen LogP contribution < -0.4 is 0 Å². The van der Waals surface area contributed by atoms with Crippen LogP contribution in [0.4, 0.5) is 8.78 Å². The molecule has 4 aromatic rings. The number of benzene rings is 2. The number of hydrogen-bond donors (Lipinski definition) is 2. The SMILES string of the molecule is CCc1nc(Cl)c2c(n1)c1c(F)cc(F)cc1n2Cc1ccc(CP(=O)(O)O)cc1. The number of hydrogen-bond acceptors (Lipinski definition) is 3. The second-order valence-electron chi connectivity index (χ2n) is 6.99. The molecule has 2 aromatic heterocycles. The third-order valence-corrected chi connectivity index (χ3v) is 5.83. The van der Waals surface area contributed by atoms with Crippen LogP contribution in [0.3, 0.4) is 0 Å². The van der Waals surface area contributed by atoms with Crippen LogP contribution in [0.1, 0.15) is 23.9 Å². The Labute approximate surface area is 175 Å². The van der Waals surface area contributed by atoms with Gasteiger partial charge in [-0.05, 0) is 17.2 Å². The maximum absolute atomic E-state index is 14.7. The summed E-state index contributed by atoms with van der Waals surface area (Å²) in [6, 6.07) is 8.66. The van der Waals surface area contributed by atoms with E-state index in [2.05, 4.69) is 9.97 Å². The van der Waals surface area contributed by atoms with Crippen LogP contribution in [0.25, 0.3) is 21.9 Å². The Morgan fingerprint density at radius 2 is 1.77 bits per heavy atom. The second-order valence-corrected chi connectivity index (χ2v) is 8.99. The summed E-state index contributed by atoms with van der Waals surface area (Å²) in [6.07, 6.45) is 0.144. The highest BCUT2D eigenvalue weighted by atomic mass is 35.5. The Hall–Kier alpha value is -2.38. The fourth-order valence-corrected chi connectivity index (χ4v) is 4.48. The molecular weight excluding hydrogens is 435 g/mol. The molecule has 6 nitrogen and oxygen atoms in total. The quantitative estimate of drug-likeness (QED) is 0.336. The lowest BCUT2D eigenvalue weighted by molar-refractivity contribution is 0.371. The van der Waals surface area contributed by atoms with Crippen molar-refractivity contribution in [2.45, 2.75) is 26.1 Å². The van der Waals surface area contributed by atoms with E-state index in [4.69, 9.17) is 21.4 Å². The minimum Gasteiger partial charge on any atom is -0.332 e. The predicted octanol–water partition coefficient (Wildman–Crippen LogP) is 4.80. The minimum atomic E-state index is -4.17. The normalized spacial score (nSPS) is 12.2. The molecular formula is C20H17ClF2N3O3P. The van der Waals surface area contributed by atoms with Crippen LogP contribution in [0.5, 0.6) is 0 Å². The van der Waals surface area contributed by atoms with Crippen LogP contribution in [0.2, 0.25) is 5.15 Å². The van der Waals surface area contributed by atoms with Gasteiger partial charge in [-0.1, -0.05) is 42.8 Å². The number of nitrogens with zero attached hydrogens (tertiary/aromatic N) is 3. The van der Waals surface area contributed by atoms with Gasteiger partial charge in [0, 0.05) is 19.0 Å². The van der Waals surface area contributed by atoms with Gasteiger partial charge < -0.3 is 14.4 Å². The van der Waals surface area contributed by atoms with Gasteiger partial charge in [0.1, 0.15) is 28.5 Å². The Kier molecular flexibility index (Phi) is 5.36. The van der Waals surface area contributed by atoms with E-state index < -0.39 is 19.2 Å². The maximum Gasteiger partial charge on any atom is 0.329 e. The fourth-order valence-electron chi connectivity index (χ4n) is 3.51. The standard InChI is InChI=1S/C20H17ClF2N3O3P/c1-2-16-24-18-17-14(23)7-13(22)8-15(17)26(19(18)20(21)25-16)9-11-3-5-12(6-4-11)10-30(27,28)29/h3-8H,2,9-10H2,1H3,(H2,27,28,29). The zero-order chi connectivity index (χ0) is 21.6. The van der Waals surface area contributed by atoms with E-state index in [-0.39, 0.29) is 23.2 Å². The molecule has 156 valence electrons. The van der Waals surface area contributed by atoms with Crippen molar-refractivity contribution in [3.05, 3.63) is 70.1 Å². The van der Waals surface area contributed by atoms with Crippen molar-refractivity contribution < 1.29 is 23.1 Å². The Morgan fingerprint density at radius 3 is 2.40 bits per heavy atom. The minimum absolute atomic E-state index is 0.144. The van der Waals surface area contributed by atoms with Crippen LogP contribution in [0, 0.1) is 11.6 Å². The molecule has 30 heavy (non-hydrogen) atoms. The largest absolute Gasteiger partial charge is 0.332 e. The van der Waals surface area contributed by atoms with Crippen LogP contribution >= 0.6 is 19.2 Å². The van der Waals surface area contributed by atoms with Crippen molar-refractivity contribution in [1.82, 2.24) is 14.5 Å². The topological polar surface area (TPSA) is 88.2 Å². The average Bonchev–Trinajstić information content (AvgIpc) is 2.96. The maximum atomic E-state index is 14.7. The molecule has 0 aliphatic heterocycles. The molecule has 0 amide bonds. The smallest absolute Gasteiger partial charge is 0.329 e. The predicted molar refractivity (Wildman–Crippen MR) is 111 cm³/mol. The molecule has 0 aliphatic carbocycles. The summed E-state index contributed by atoms with van der Waals surface area (Å²) in [4.78, 5) is 26.9. The van der Waals surface area contributed by atoms with Crippen molar-refractivity contribution in [3.63, 3.8) is 0 Å². The first-order chi connectivity index (χ1) is 14.2. The Morgan fingerprint density at radius 1 is 1.10 bits per heavy atom. The molecule has 0 aliphatic rings. The van der Waals surface area contributed by atoms with E-state index in [1.165, 1.54) is 6.07 Å². The lowest BCUT2D eigenvalue weighted by atomic mass is 10.1. The van der Waals surface area contributed by atoms with Crippen molar-refractivity contribution >= 4 is 41.1 Å². The molecule has 4 rings (SSSR count). The summed E-state index contributed by atoms with van der Waals surface area (Å²) in [5, 5.41) is 0.314. The van der Waals surface area contributed by atoms with E-state index in [0.29, 0.717) is 34.4 Å². The highest BCUT2D eigenvalue weighted by molar-refractivity contribution is 7.50. The van der Waals surface area contributed by atoms with Gasteiger partial charge in [-0.25, -0.2) is 18.7 Å². The Bertz CT molecular complexity index is 1320. The first-order valence-electron chi connectivity index (χ1n) is 9.12. The molecule has 0 saturated heterocycles. The summed E-state index contributed by atoms with van der Waals surface area (Å²) in [5.41, 5.74) is 2.25. The molecule has 10 heteroatoms. The highest BCUT2D eigenvalue weighted by Gasteiger charge is 2.21. The number of halogens is 3. The van der Waals surface area contributed by atoms with Gasteiger partial charge >= 0.3 is 7.60 Å². The molecule has 0 atom stereocenters. The number of fused-ring (bicyclic) bond motifs is 3. The molecule has 2 heterocycles. The third kappa shape index (κ3) is 3.96. The average molecular weight is 452 g/mol. The second kappa shape index (κ2) is 7.71. The van der Waals surface area contributed by atoms with Crippen molar-refractivity contribution in [2.75, 3.05) is 0 Å². The summed E-state index contributed by atoms with van der Waals surface area (Å²) in [6.45, 7) is 2.07. The number of aromatic nitrogens is 3. The molecule has 2 aromatic carbocycles. The van der Waals surface area contributed by atoms with E-state index in [0.717, 1.165) is 11.6 Å². The first-order valence-corrected chi connectivity index (χ1v) is 11.3. The zero-order valence-electron chi connectivity index (χ0n) is 15.8. The van der Waals surface area contributed by atoms with Gasteiger partial charge in [0.15, 0.2) is 5.15 Å². The van der Waals surface area contributed by atoms with E-state index in [9.17, 15) is 13.3 Å². The number of aryl methyl sites for hydroxylation is 1. The lowest BCUT2D eigenvalue weighted by Gasteiger charge is -2.10. The van der Waals surface area contributed by atoms with Crippen LogP contribution in [-0.2, 0) is 23.7 Å². The summed E-state index contributed by atoms with van der Waals surface area (Å²) in [5.74, 6) is -1.000. The molecule has 0 bridgehead atoms. The molecule has 0 saturated carbocycles. The van der Waals surface area contributed by atoms with E-state index in [1.54, 1.807) is 28.8 Å². The van der Waals surface area contributed by atoms with Gasteiger partial charge in [-0.3, -0.25) is 4.57 Å². The molecule has 0 radical (unpaired) electrons. The monoisotopic (exact) mass is 451 g/mol. The third-order valence-electron chi connectivity index (χ3n) is 4.79. The van der Waals surface area contributed by atoms with E-state index >= 15 is 0 Å². The van der Waals surface area contributed by atoms with Gasteiger partial charge in [0.2, 0.25) is 0 Å². The van der Waals surface area contributed by atoms with Crippen LogP contribution in [-0.4, -0.2) is 24.3 Å². The summed E-state index contributed by atoms with van der Waals surface area (Å²) in [7, 11) is -4.17. The van der Waals surface area contributed by atoms with Crippen LogP contribution in [0.15, 0.2) is 36.4 Å². The Balaban J connectivity index is 1.88. The highest BCUT2D eigenvalue weighted by Crippen LogP contribution is 2.39. The first kappa shape index (κ1) is 20.9. The van der Waals surface area contributed by atoms with Crippen molar-refractivity contribution in [3.8, 4) is 0 Å². The van der Waals surface area contributed by atoms with E-state index in [1.807, 2.05) is 6.92 Å². The van der Waals surface area contributed by atoms with Gasteiger partial charge in [0.05, 0.1) is 17.1 Å². The van der Waals surface area contributed by atoms with Gasteiger partial charge in [-0.2, -0.15) is 0 Å². The zero-order valence-corrected chi connectivity index (χ0v) is 17.5. The number of rotatable bonds is 5. The summed E-state index contributed by atoms with van der Waals surface area (Å²) >= 11 is 6.40. The van der Waals surface area contributed by atoms with Crippen molar-refractivity contribution in [2.24, 2.45) is 0 Å². The van der Waals surface area contributed by atoms with Gasteiger partial charge in [0.25, 0.3) is 0 Å². The lowest BCUT2D eigenvalue weighted by Crippen LogP contribution is -2.02. The summed E-state index contributed by atoms with van der Waals surface area (Å²) < 4.78 is 41.5. The molecule has 2 N–H and O–H groups in total. The molecule has 0 spiro atoms. The molecule has 0 unspecified atom stereocenters. The molecule has 0 fully saturated rings. The van der Waals surface area contributed by atoms with Gasteiger partial charge in [-0.15, -0.1) is 0 Å². The van der Waals surface area contributed by atoms with Crippen molar-refractivity contribution in [1.29, 1.82) is 0 Å².